The van der Waals surface area contributed by atoms with Crippen LogP contribution in [0.2, 0.25) is 0 Å². The van der Waals surface area contributed by atoms with Crippen LogP contribution in [-0.2, 0) is 0 Å². The van der Waals surface area contributed by atoms with Crippen molar-refractivity contribution < 1.29 is 0 Å². The summed E-state index contributed by atoms with van der Waals surface area (Å²) in [6.07, 6.45) is 0. The van der Waals surface area contributed by atoms with Crippen LogP contribution in [0.15, 0.2) is 0 Å². The van der Waals surface area contributed by atoms with Crippen LogP contribution in [0, 0.1) is 0 Å². The minimum Gasteiger partial charge on any atom is -0.301 e. The van der Waals surface area contributed by atoms with Crippen LogP contribution in [0.4, 0.5) is 0 Å². The summed E-state index contributed by atoms with van der Waals surface area (Å²) in [6.45, 7) is 17.9. The Bertz CT molecular complexity index is 198. The van der Waals surface area contributed by atoms with Crippen molar-refractivity contribution in [3.63, 3.8) is 0 Å². The first-order valence-corrected chi connectivity index (χ1v) is 10.5. The van der Waals surface area contributed by atoms with Gasteiger partial charge in [0.05, 0.1) is 5.90 Å². The van der Waals surface area contributed by atoms with Crippen molar-refractivity contribution in [2.45, 2.75) is 51.9 Å². The smallest absolute Gasteiger partial charge is 0.0654 e. The standard InChI is InChI=1S/C11H26B2P2/c1-10(2,3)14(7,12)9-15(8,13)11(4,5)6/h9H2,1-8H3. The van der Waals surface area contributed by atoms with E-state index in [-0.39, 0.29) is 10.3 Å². The fourth-order valence-electron chi connectivity index (χ4n) is 1.03. The van der Waals surface area contributed by atoms with Gasteiger partial charge < -0.3 is 15.1 Å². The lowest BCUT2D eigenvalue weighted by atomic mass is 10.3. The Morgan fingerprint density at radius 2 is 0.933 bits per heavy atom. The number of hydrogen-bond acceptors (Lipinski definition) is 0. The minimum absolute atomic E-state index is 0.207. The molecule has 0 N–H and O–H groups in total. The van der Waals surface area contributed by atoms with E-state index < -0.39 is 14.3 Å². The summed E-state index contributed by atoms with van der Waals surface area (Å²) >= 11 is 0. The molecule has 0 aromatic heterocycles. The maximum atomic E-state index is 6.54. The van der Waals surface area contributed by atoms with E-state index in [1.165, 1.54) is 0 Å². The van der Waals surface area contributed by atoms with Gasteiger partial charge in [-0.3, -0.25) is 0 Å². The SMILES string of the molecule is [B-][P+](C)(C[P+]([B-])(C)C(C)(C)C)C(C)(C)C. The maximum absolute atomic E-state index is 6.54. The third-order valence-electron chi connectivity index (χ3n) is 3.65. The lowest BCUT2D eigenvalue weighted by Gasteiger charge is -2.54. The highest BCUT2D eigenvalue weighted by atomic mass is 31.2. The van der Waals surface area contributed by atoms with Crippen molar-refractivity contribution in [3.8, 4) is 0 Å². The molecular formula is C11H26B2P2. The zero-order chi connectivity index (χ0) is 12.7. The third-order valence-corrected chi connectivity index (χ3v) is 14.5. The summed E-state index contributed by atoms with van der Waals surface area (Å²) in [5.74, 6) is 1.05. The second-order valence-electron chi connectivity index (χ2n) is 7.02. The van der Waals surface area contributed by atoms with E-state index >= 15 is 0 Å². The molecule has 0 bridgehead atoms. The first kappa shape index (κ1) is 16.0. The van der Waals surface area contributed by atoms with E-state index in [0.29, 0.717) is 0 Å². The lowest BCUT2D eigenvalue weighted by Crippen LogP contribution is -2.28. The highest BCUT2D eigenvalue weighted by molar-refractivity contribution is 8.11. The normalized spacial score (nSPS) is 22.0. The molecule has 0 spiro atoms. The van der Waals surface area contributed by atoms with E-state index in [1.807, 2.05) is 0 Å². The molecule has 0 saturated heterocycles. The van der Waals surface area contributed by atoms with E-state index in [9.17, 15) is 0 Å². The average Bonchev–Trinajstić information content (AvgIpc) is 1.77. The molecule has 0 fully saturated rings. The van der Waals surface area contributed by atoms with Crippen LogP contribution in [0.1, 0.15) is 41.5 Å². The summed E-state index contributed by atoms with van der Waals surface area (Å²) in [5, 5.41) is 0.414. The molecule has 0 aliphatic heterocycles. The summed E-state index contributed by atoms with van der Waals surface area (Å²) in [6, 6.07) is 0. The Balaban J connectivity index is 4.89. The van der Waals surface area contributed by atoms with Crippen molar-refractivity contribution in [3.05, 3.63) is 0 Å². The van der Waals surface area contributed by atoms with Gasteiger partial charge in [0, 0.05) is 23.6 Å². The Kier molecular flexibility index (Phi) is 4.63. The summed E-state index contributed by atoms with van der Waals surface area (Å²) in [4.78, 5) is 0. The van der Waals surface area contributed by atoms with Gasteiger partial charge in [-0.25, -0.2) is 14.3 Å². The Morgan fingerprint density at radius 1 is 0.733 bits per heavy atom. The van der Waals surface area contributed by atoms with Gasteiger partial charge in [-0.05, 0) is 41.5 Å². The van der Waals surface area contributed by atoms with Gasteiger partial charge in [0.25, 0.3) is 0 Å². The zero-order valence-corrected chi connectivity index (χ0v) is 13.5. The van der Waals surface area contributed by atoms with Crippen molar-refractivity contribution >= 4 is 29.4 Å². The molecular weight excluding hydrogens is 216 g/mol. The second-order valence-corrected chi connectivity index (χ2v) is 15.9. The molecule has 0 aromatic rings. The molecule has 0 aromatic carbocycles. The molecule has 0 aliphatic rings. The minimum atomic E-state index is -1.42. The maximum Gasteiger partial charge on any atom is 0.0654 e. The Labute approximate surface area is 101 Å². The molecule has 6 radical (unpaired) electrons. The van der Waals surface area contributed by atoms with Gasteiger partial charge in [-0.15, -0.1) is 0 Å². The molecule has 0 amide bonds. The van der Waals surface area contributed by atoms with Crippen LogP contribution in [0.5, 0.6) is 0 Å². The molecule has 15 heavy (non-hydrogen) atoms. The predicted molar refractivity (Wildman–Crippen MR) is 81.6 cm³/mol. The van der Waals surface area contributed by atoms with Crippen LogP contribution in [0.25, 0.3) is 0 Å². The van der Waals surface area contributed by atoms with Crippen LogP contribution < -0.4 is 0 Å². The van der Waals surface area contributed by atoms with Crippen molar-refractivity contribution in [2.75, 3.05) is 19.2 Å². The predicted octanol–water partition coefficient (Wildman–Crippen LogP) is 4.00. The highest BCUT2D eigenvalue weighted by Crippen LogP contribution is 2.76. The monoisotopic (exact) mass is 242 g/mol. The second kappa shape index (κ2) is 4.34. The number of rotatable bonds is 2. The van der Waals surface area contributed by atoms with Crippen LogP contribution in [-0.4, -0.2) is 44.7 Å². The van der Waals surface area contributed by atoms with Gasteiger partial charge in [-0.2, -0.15) is 0 Å². The van der Waals surface area contributed by atoms with E-state index in [4.69, 9.17) is 15.1 Å². The molecule has 0 rings (SSSR count). The molecule has 86 valence electrons. The van der Waals surface area contributed by atoms with E-state index in [2.05, 4.69) is 54.9 Å². The van der Waals surface area contributed by atoms with E-state index in [0.717, 1.165) is 5.90 Å². The fourth-order valence-corrected chi connectivity index (χ4v) is 9.31. The van der Waals surface area contributed by atoms with Gasteiger partial charge in [-0.1, -0.05) is 0 Å². The lowest BCUT2D eigenvalue weighted by molar-refractivity contribution is 0.774. The van der Waals surface area contributed by atoms with Crippen LogP contribution >= 0.6 is 14.3 Å². The molecule has 0 saturated carbocycles. The molecule has 0 heterocycles. The topological polar surface area (TPSA) is 0 Å². The largest absolute Gasteiger partial charge is 0.301 e. The van der Waals surface area contributed by atoms with Gasteiger partial charge in [0.2, 0.25) is 0 Å². The molecule has 2 atom stereocenters. The molecule has 0 aliphatic carbocycles. The summed E-state index contributed by atoms with van der Waals surface area (Å²) < 4.78 is 0. The van der Waals surface area contributed by atoms with Crippen molar-refractivity contribution in [1.82, 2.24) is 0 Å². The molecule has 2 unspecified atom stereocenters. The van der Waals surface area contributed by atoms with Crippen LogP contribution in [0.3, 0.4) is 0 Å². The average molecular weight is 242 g/mol. The first-order chi connectivity index (χ1) is 6.21. The first-order valence-electron chi connectivity index (χ1n) is 5.49. The van der Waals surface area contributed by atoms with Gasteiger partial charge in [0.1, 0.15) is 0 Å². The van der Waals surface area contributed by atoms with E-state index in [1.54, 1.807) is 0 Å². The van der Waals surface area contributed by atoms with Gasteiger partial charge >= 0.3 is 0 Å². The van der Waals surface area contributed by atoms with Crippen molar-refractivity contribution in [2.24, 2.45) is 0 Å². The highest BCUT2D eigenvalue weighted by Gasteiger charge is 2.38. The Morgan fingerprint density at radius 3 is 1.07 bits per heavy atom. The Hall–Kier alpha value is 0.990. The zero-order valence-electron chi connectivity index (χ0n) is 11.8. The van der Waals surface area contributed by atoms with Crippen molar-refractivity contribution in [1.29, 1.82) is 0 Å². The number of hydrogen-bond donors (Lipinski definition) is 0. The van der Waals surface area contributed by atoms with Gasteiger partial charge in [0.15, 0.2) is 0 Å². The fraction of sp³-hybridized carbons (Fsp3) is 1.00. The molecule has 4 heteroatoms. The summed E-state index contributed by atoms with van der Waals surface area (Å²) in [7, 11) is 10.2. The quantitative estimate of drug-likeness (QED) is 0.507. The third kappa shape index (κ3) is 4.05. The summed E-state index contributed by atoms with van der Waals surface area (Å²) in [5.41, 5.74) is 0. The molecule has 0 nitrogen and oxygen atoms in total.